The van der Waals surface area contributed by atoms with Crippen LogP contribution in [0.5, 0.6) is 0 Å². The number of piperazine rings is 1. The standard InChI is InChI=1S/C22H24F2N4O3/c1-14-4-5-18(25-12-14)26-6-8-27(9-7-26)20(29)19-16(23)10-15(11-17(19)24)28-13-22(2,3)31-21(28)30/h4-5,10-12H,6-9,13H2,1-3H3. The Kier molecular flexibility index (Phi) is 5.28. The van der Waals surface area contributed by atoms with Crippen molar-refractivity contribution >= 4 is 23.5 Å². The first-order valence-electron chi connectivity index (χ1n) is 10.1. The lowest BCUT2D eigenvalue weighted by Gasteiger charge is -2.35. The van der Waals surface area contributed by atoms with Gasteiger partial charge in [-0.3, -0.25) is 9.69 Å². The number of halogens is 2. The molecule has 31 heavy (non-hydrogen) atoms. The fraction of sp³-hybridized carbons (Fsp3) is 0.409. The second-order valence-corrected chi connectivity index (χ2v) is 8.47. The van der Waals surface area contributed by atoms with Crippen LogP contribution in [-0.4, -0.2) is 60.2 Å². The zero-order chi connectivity index (χ0) is 22.3. The molecule has 0 aliphatic carbocycles. The number of amides is 2. The van der Waals surface area contributed by atoms with Gasteiger partial charge >= 0.3 is 6.09 Å². The van der Waals surface area contributed by atoms with E-state index in [1.54, 1.807) is 20.0 Å². The minimum Gasteiger partial charge on any atom is -0.441 e. The van der Waals surface area contributed by atoms with Gasteiger partial charge in [-0.1, -0.05) is 6.07 Å². The Bertz CT molecular complexity index is 995. The van der Waals surface area contributed by atoms with Gasteiger partial charge in [0.15, 0.2) is 0 Å². The number of cyclic esters (lactones) is 1. The lowest BCUT2D eigenvalue weighted by molar-refractivity contribution is 0.0736. The van der Waals surface area contributed by atoms with Gasteiger partial charge in [-0.05, 0) is 44.5 Å². The van der Waals surface area contributed by atoms with Gasteiger partial charge in [-0.25, -0.2) is 18.6 Å². The number of benzene rings is 1. The molecule has 0 spiro atoms. The molecular weight excluding hydrogens is 406 g/mol. The van der Waals surface area contributed by atoms with Crippen molar-refractivity contribution in [1.82, 2.24) is 9.88 Å². The zero-order valence-electron chi connectivity index (χ0n) is 17.7. The van der Waals surface area contributed by atoms with E-state index in [-0.39, 0.29) is 12.2 Å². The first-order chi connectivity index (χ1) is 14.6. The third kappa shape index (κ3) is 4.17. The summed E-state index contributed by atoms with van der Waals surface area (Å²) in [5, 5.41) is 0. The van der Waals surface area contributed by atoms with Crippen LogP contribution in [0.25, 0.3) is 0 Å². The van der Waals surface area contributed by atoms with Crippen LogP contribution in [0, 0.1) is 18.6 Å². The number of hydrogen-bond donors (Lipinski definition) is 0. The molecule has 2 fully saturated rings. The summed E-state index contributed by atoms with van der Waals surface area (Å²) in [6.07, 6.45) is 1.10. The number of aryl methyl sites for hydroxylation is 1. The Hall–Kier alpha value is -3.23. The monoisotopic (exact) mass is 430 g/mol. The molecule has 0 radical (unpaired) electrons. The van der Waals surface area contributed by atoms with Crippen molar-refractivity contribution < 1.29 is 23.1 Å². The SMILES string of the molecule is Cc1ccc(N2CCN(C(=O)c3c(F)cc(N4CC(C)(C)OC4=O)cc3F)CC2)nc1. The lowest BCUT2D eigenvalue weighted by Crippen LogP contribution is -2.49. The largest absolute Gasteiger partial charge is 0.441 e. The number of rotatable bonds is 3. The van der Waals surface area contributed by atoms with E-state index < -0.39 is 34.8 Å². The van der Waals surface area contributed by atoms with Crippen LogP contribution in [0.15, 0.2) is 30.5 Å². The van der Waals surface area contributed by atoms with E-state index >= 15 is 0 Å². The van der Waals surface area contributed by atoms with Crippen LogP contribution in [0.4, 0.5) is 25.1 Å². The first-order valence-corrected chi connectivity index (χ1v) is 10.1. The highest BCUT2D eigenvalue weighted by Crippen LogP contribution is 2.30. The molecule has 0 atom stereocenters. The Balaban J connectivity index is 1.48. The van der Waals surface area contributed by atoms with Crippen LogP contribution in [-0.2, 0) is 4.74 Å². The summed E-state index contributed by atoms with van der Waals surface area (Å²) in [6, 6.07) is 5.88. The second-order valence-electron chi connectivity index (χ2n) is 8.47. The number of ether oxygens (including phenoxy) is 1. The molecule has 2 saturated heterocycles. The molecule has 7 nitrogen and oxygen atoms in total. The molecule has 4 rings (SSSR count). The van der Waals surface area contributed by atoms with Gasteiger partial charge in [0.25, 0.3) is 5.91 Å². The summed E-state index contributed by atoms with van der Waals surface area (Å²) < 4.78 is 34.7. The molecule has 3 heterocycles. The van der Waals surface area contributed by atoms with E-state index in [0.29, 0.717) is 26.2 Å². The maximum atomic E-state index is 14.8. The van der Waals surface area contributed by atoms with Crippen LogP contribution >= 0.6 is 0 Å². The van der Waals surface area contributed by atoms with Crippen molar-refractivity contribution in [2.75, 3.05) is 42.5 Å². The molecule has 1 aromatic heterocycles. The molecule has 1 aromatic carbocycles. The van der Waals surface area contributed by atoms with Crippen LogP contribution in [0.3, 0.4) is 0 Å². The van der Waals surface area contributed by atoms with Crippen molar-refractivity contribution in [2.45, 2.75) is 26.4 Å². The Morgan fingerprint density at radius 3 is 2.26 bits per heavy atom. The minimum atomic E-state index is -1.000. The number of carbonyl (C=O) groups is 2. The number of aromatic nitrogens is 1. The van der Waals surface area contributed by atoms with Crippen molar-refractivity contribution in [3.05, 3.63) is 53.2 Å². The van der Waals surface area contributed by atoms with Crippen molar-refractivity contribution in [1.29, 1.82) is 0 Å². The van der Waals surface area contributed by atoms with Gasteiger partial charge in [0.1, 0.15) is 28.6 Å². The number of anilines is 2. The van der Waals surface area contributed by atoms with Gasteiger partial charge in [-0.2, -0.15) is 0 Å². The normalized spacial score (nSPS) is 18.4. The summed E-state index contributed by atoms with van der Waals surface area (Å²) in [4.78, 5) is 33.9. The summed E-state index contributed by atoms with van der Waals surface area (Å²) in [5.41, 5.74) is -0.294. The van der Waals surface area contributed by atoms with E-state index in [4.69, 9.17) is 4.74 Å². The zero-order valence-corrected chi connectivity index (χ0v) is 17.7. The molecule has 2 aliphatic heterocycles. The number of nitrogens with zero attached hydrogens (tertiary/aromatic N) is 4. The quantitative estimate of drug-likeness (QED) is 0.747. The fourth-order valence-electron chi connectivity index (χ4n) is 3.83. The van der Waals surface area contributed by atoms with Gasteiger partial charge in [0.2, 0.25) is 0 Å². The summed E-state index contributed by atoms with van der Waals surface area (Å²) in [6.45, 7) is 7.20. The maximum absolute atomic E-state index is 14.8. The average Bonchev–Trinajstić information content (AvgIpc) is 3.00. The van der Waals surface area contributed by atoms with E-state index in [2.05, 4.69) is 4.98 Å². The number of hydrogen-bond acceptors (Lipinski definition) is 5. The predicted octanol–water partition coefficient (Wildman–Crippen LogP) is 3.37. The van der Waals surface area contributed by atoms with Gasteiger partial charge in [0, 0.05) is 32.4 Å². The van der Waals surface area contributed by atoms with Gasteiger partial charge in [-0.15, -0.1) is 0 Å². The lowest BCUT2D eigenvalue weighted by atomic mass is 10.1. The highest BCUT2D eigenvalue weighted by atomic mass is 19.1. The molecule has 0 N–H and O–H groups in total. The molecule has 0 bridgehead atoms. The van der Waals surface area contributed by atoms with E-state index in [0.717, 1.165) is 28.4 Å². The summed E-state index contributed by atoms with van der Waals surface area (Å²) in [7, 11) is 0. The first kappa shape index (κ1) is 21.0. The maximum Gasteiger partial charge on any atom is 0.415 e. The third-order valence-electron chi connectivity index (χ3n) is 5.46. The van der Waals surface area contributed by atoms with E-state index in [1.165, 1.54) is 4.90 Å². The summed E-state index contributed by atoms with van der Waals surface area (Å²) in [5.74, 6) is -1.90. The highest BCUT2D eigenvalue weighted by molar-refractivity contribution is 5.96. The molecule has 2 amide bonds. The number of carbonyl (C=O) groups excluding carboxylic acids is 2. The fourth-order valence-corrected chi connectivity index (χ4v) is 3.83. The second kappa shape index (κ2) is 7.79. The third-order valence-corrected chi connectivity index (χ3v) is 5.46. The predicted molar refractivity (Wildman–Crippen MR) is 111 cm³/mol. The molecule has 2 aliphatic rings. The minimum absolute atomic E-state index is 0.0254. The van der Waals surface area contributed by atoms with E-state index in [1.807, 2.05) is 24.0 Å². The average molecular weight is 430 g/mol. The highest BCUT2D eigenvalue weighted by Gasteiger charge is 2.39. The van der Waals surface area contributed by atoms with Crippen LogP contribution < -0.4 is 9.80 Å². The Morgan fingerprint density at radius 1 is 1.10 bits per heavy atom. The smallest absolute Gasteiger partial charge is 0.415 e. The summed E-state index contributed by atoms with van der Waals surface area (Å²) >= 11 is 0. The van der Waals surface area contributed by atoms with Gasteiger partial charge in [0.05, 0.1) is 12.2 Å². The topological polar surface area (TPSA) is 66.0 Å². The molecule has 164 valence electrons. The molecule has 9 heteroatoms. The van der Waals surface area contributed by atoms with E-state index in [9.17, 15) is 18.4 Å². The van der Waals surface area contributed by atoms with Crippen molar-refractivity contribution in [3.63, 3.8) is 0 Å². The Labute approximate surface area is 179 Å². The van der Waals surface area contributed by atoms with Crippen LogP contribution in [0.1, 0.15) is 29.8 Å². The van der Waals surface area contributed by atoms with Crippen LogP contribution in [0.2, 0.25) is 0 Å². The number of pyridine rings is 1. The van der Waals surface area contributed by atoms with Gasteiger partial charge < -0.3 is 14.5 Å². The molecule has 2 aromatic rings. The Morgan fingerprint density at radius 2 is 1.74 bits per heavy atom. The van der Waals surface area contributed by atoms with Crippen molar-refractivity contribution in [2.24, 2.45) is 0 Å². The molecular formula is C22H24F2N4O3. The molecule has 0 unspecified atom stereocenters. The van der Waals surface area contributed by atoms with Crippen molar-refractivity contribution in [3.8, 4) is 0 Å². The molecule has 0 saturated carbocycles.